The van der Waals surface area contributed by atoms with Gasteiger partial charge in [0.1, 0.15) is 0 Å². The van der Waals surface area contributed by atoms with Crippen LogP contribution in [0.5, 0.6) is 0 Å². The summed E-state index contributed by atoms with van der Waals surface area (Å²) in [5.74, 6) is 0.349. The van der Waals surface area contributed by atoms with E-state index in [-0.39, 0.29) is 11.8 Å². The van der Waals surface area contributed by atoms with Gasteiger partial charge in [-0.05, 0) is 35.7 Å². The molecule has 1 atom stereocenters. The van der Waals surface area contributed by atoms with Crippen LogP contribution in [-0.4, -0.2) is 25.5 Å². The zero-order chi connectivity index (χ0) is 13.8. The molecule has 0 spiro atoms. The first-order chi connectivity index (χ1) is 9.83. The Labute approximate surface area is 119 Å². The number of hydrogen-bond acceptors (Lipinski definition) is 2. The van der Waals surface area contributed by atoms with Crippen molar-refractivity contribution in [1.29, 1.82) is 0 Å². The molecule has 20 heavy (non-hydrogen) atoms. The highest BCUT2D eigenvalue weighted by Crippen LogP contribution is 2.15. The van der Waals surface area contributed by atoms with Gasteiger partial charge in [-0.3, -0.25) is 4.79 Å². The molecule has 0 saturated carbocycles. The lowest BCUT2D eigenvalue weighted by atomic mass is 10.0. The van der Waals surface area contributed by atoms with Crippen LogP contribution >= 0.6 is 0 Å². The highest BCUT2D eigenvalue weighted by atomic mass is 16.1. The largest absolute Gasteiger partial charge is 0.355 e. The molecule has 1 unspecified atom stereocenters. The van der Waals surface area contributed by atoms with Gasteiger partial charge in [-0.2, -0.15) is 0 Å². The van der Waals surface area contributed by atoms with Gasteiger partial charge in [0, 0.05) is 13.1 Å². The monoisotopic (exact) mass is 268 g/mol. The van der Waals surface area contributed by atoms with Crippen molar-refractivity contribution in [3.8, 4) is 0 Å². The highest BCUT2D eigenvalue weighted by Gasteiger charge is 2.21. The van der Waals surface area contributed by atoms with Crippen LogP contribution in [0.2, 0.25) is 0 Å². The summed E-state index contributed by atoms with van der Waals surface area (Å²) < 4.78 is 0. The van der Waals surface area contributed by atoms with E-state index >= 15 is 0 Å². The van der Waals surface area contributed by atoms with Gasteiger partial charge in [-0.1, -0.05) is 42.5 Å². The summed E-state index contributed by atoms with van der Waals surface area (Å²) in [6, 6.07) is 14.9. The maximum Gasteiger partial charge on any atom is 0.224 e. The van der Waals surface area contributed by atoms with E-state index in [1.807, 2.05) is 0 Å². The van der Waals surface area contributed by atoms with Crippen molar-refractivity contribution >= 4 is 16.7 Å². The van der Waals surface area contributed by atoms with Gasteiger partial charge in [0.15, 0.2) is 0 Å². The molecule has 2 N–H and O–H groups in total. The first kappa shape index (κ1) is 13.1. The van der Waals surface area contributed by atoms with Crippen LogP contribution in [0.25, 0.3) is 10.8 Å². The molecule has 2 aromatic rings. The summed E-state index contributed by atoms with van der Waals surface area (Å²) in [6.07, 6.45) is 1.85. The Kier molecular flexibility index (Phi) is 3.97. The van der Waals surface area contributed by atoms with Crippen molar-refractivity contribution < 1.29 is 4.79 Å². The zero-order valence-corrected chi connectivity index (χ0v) is 11.6. The Hall–Kier alpha value is -1.87. The maximum absolute atomic E-state index is 11.9. The van der Waals surface area contributed by atoms with Crippen LogP contribution in [-0.2, 0) is 11.2 Å². The lowest BCUT2D eigenvalue weighted by Gasteiger charge is -2.10. The molecular weight excluding hydrogens is 248 g/mol. The van der Waals surface area contributed by atoms with E-state index in [1.54, 1.807) is 0 Å². The van der Waals surface area contributed by atoms with Crippen molar-refractivity contribution in [3.05, 3.63) is 48.0 Å². The topological polar surface area (TPSA) is 41.1 Å². The summed E-state index contributed by atoms with van der Waals surface area (Å²) in [5, 5.41) is 8.78. The Bertz CT molecular complexity index is 603. The average molecular weight is 268 g/mol. The van der Waals surface area contributed by atoms with E-state index in [4.69, 9.17) is 0 Å². The minimum atomic E-state index is 0.159. The minimum absolute atomic E-state index is 0.159. The third-order valence-corrected chi connectivity index (χ3v) is 3.96. The van der Waals surface area contributed by atoms with Crippen LogP contribution in [0.1, 0.15) is 12.0 Å². The number of amides is 1. The van der Waals surface area contributed by atoms with Crippen molar-refractivity contribution in [2.75, 3.05) is 19.6 Å². The van der Waals surface area contributed by atoms with E-state index < -0.39 is 0 Å². The summed E-state index contributed by atoms with van der Waals surface area (Å²) in [4.78, 5) is 11.9. The Morgan fingerprint density at radius 3 is 2.85 bits per heavy atom. The van der Waals surface area contributed by atoms with Crippen molar-refractivity contribution in [1.82, 2.24) is 10.6 Å². The predicted molar refractivity (Wildman–Crippen MR) is 81.6 cm³/mol. The van der Waals surface area contributed by atoms with Gasteiger partial charge in [0.05, 0.1) is 5.92 Å². The number of hydrogen-bond donors (Lipinski definition) is 2. The number of nitrogens with one attached hydrogen (secondary N) is 2. The molecule has 1 fully saturated rings. The lowest BCUT2D eigenvalue weighted by molar-refractivity contribution is -0.124. The van der Waals surface area contributed by atoms with Gasteiger partial charge >= 0.3 is 0 Å². The molecule has 3 heteroatoms. The molecule has 0 aromatic heterocycles. The van der Waals surface area contributed by atoms with Crippen molar-refractivity contribution in [2.24, 2.45) is 5.92 Å². The molecule has 3 rings (SSSR count). The second-order valence-electron chi connectivity index (χ2n) is 5.41. The van der Waals surface area contributed by atoms with Crippen molar-refractivity contribution in [2.45, 2.75) is 12.8 Å². The SMILES string of the molecule is O=C(NCCc1ccc2ccccc2c1)C1CCNC1. The second-order valence-corrected chi connectivity index (χ2v) is 5.41. The molecule has 0 aliphatic carbocycles. The lowest BCUT2D eigenvalue weighted by Crippen LogP contribution is -2.33. The maximum atomic E-state index is 11.9. The number of rotatable bonds is 4. The van der Waals surface area contributed by atoms with Crippen LogP contribution in [0.4, 0.5) is 0 Å². The summed E-state index contributed by atoms with van der Waals surface area (Å²) in [6.45, 7) is 2.50. The van der Waals surface area contributed by atoms with Gasteiger partial charge in [0.25, 0.3) is 0 Å². The standard InChI is InChI=1S/C17H20N2O/c20-17(16-8-9-18-12-16)19-10-7-13-5-6-14-3-1-2-4-15(14)11-13/h1-6,11,16,18H,7-10,12H2,(H,19,20). The zero-order valence-electron chi connectivity index (χ0n) is 11.6. The first-order valence-electron chi connectivity index (χ1n) is 7.29. The van der Waals surface area contributed by atoms with E-state index in [1.165, 1.54) is 16.3 Å². The van der Waals surface area contributed by atoms with E-state index in [0.29, 0.717) is 6.54 Å². The van der Waals surface area contributed by atoms with Crippen LogP contribution in [0.3, 0.4) is 0 Å². The summed E-state index contributed by atoms with van der Waals surface area (Å²) in [7, 11) is 0. The molecule has 1 aliphatic heterocycles. The molecule has 3 nitrogen and oxygen atoms in total. The fourth-order valence-corrected chi connectivity index (χ4v) is 2.75. The predicted octanol–water partition coefficient (Wildman–Crippen LogP) is 2.11. The Morgan fingerprint density at radius 2 is 2.05 bits per heavy atom. The molecule has 1 saturated heterocycles. The van der Waals surface area contributed by atoms with E-state index in [0.717, 1.165) is 25.9 Å². The van der Waals surface area contributed by atoms with Gasteiger partial charge in [-0.15, -0.1) is 0 Å². The summed E-state index contributed by atoms with van der Waals surface area (Å²) in [5.41, 5.74) is 1.27. The fraction of sp³-hybridized carbons (Fsp3) is 0.353. The highest BCUT2D eigenvalue weighted by molar-refractivity contribution is 5.83. The minimum Gasteiger partial charge on any atom is -0.355 e. The molecule has 1 heterocycles. The number of benzene rings is 2. The molecular formula is C17H20N2O. The molecule has 0 bridgehead atoms. The number of carbonyl (C=O) groups is 1. The summed E-state index contributed by atoms with van der Waals surface area (Å²) >= 11 is 0. The van der Waals surface area contributed by atoms with Gasteiger partial charge in [-0.25, -0.2) is 0 Å². The first-order valence-corrected chi connectivity index (χ1v) is 7.29. The smallest absolute Gasteiger partial charge is 0.224 e. The molecule has 2 aromatic carbocycles. The molecule has 0 radical (unpaired) electrons. The second kappa shape index (κ2) is 6.06. The quantitative estimate of drug-likeness (QED) is 0.891. The van der Waals surface area contributed by atoms with Crippen LogP contribution in [0, 0.1) is 5.92 Å². The average Bonchev–Trinajstić information content (AvgIpc) is 3.01. The Morgan fingerprint density at radius 1 is 1.20 bits per heavy atom. The molecule has 1 amide bonds. The third-order valence-electron chi connectivity index (χ3n) is 3.96. The number of carbonyl (C=O) groups excluding carboxylic acids is 1. The fourth-order valence-electron chi connectivity index (χ4n) is 2.75. The van der Waals surface area contributed by atoms with Crippen molar-refractivity contribution in [3.63, 3.8) is 0 Å². The van der Waals surface area contributed by atoms with Gasteiger partial charge < -0.3 is 10.6 Å². The van der Waals surface area contributed by atoms with Crippen LogP contribution in [0.15, 0.2) is 42.5 Å². The molecule has 1 aliphatic rings. The van der Waals surface area contributed by atoms with E-state index in [2.05, 4.69) is 53.1 Å². The normalized spacial score (nSPS) is 18.3. The third kappa shape index (κ3) is 2.99. The number of fused-ring (bicyclic) bond motifs is 1. The van der Waals surface area contributed by atoms with E-state index in [9.17, 15) is 4.79 Å². The Balaban J connectivity index is 1.55. The van der Waals surface area contributed by atoms with Crippen LogP contribution < -0.4 is 10.6 Å². The van der Waals surface area contributed by atoms with Gasteiger partial charge in [0.2, 0.25) is 5.91 Å². The molecule has 104 valence electrons.